The molecule has 8 heteroatoms. The molecule has 2 amide bonds. The van der Waals surface area contributed by atoms with Crippen LogP contribution in [0.25, 0.3) is 0 Å². The van der Waals surface area contributed by atoms with Crippen LogP contribution in [0.1, 0.15) is 43.7 Å². The van der Waals surface area contributed by atoms with Crippen molar-refractivity contribution in [1.82, 2.24) is 0 Å². The number of anilines is 3. The molecule has 1 aliphatic heterocycles. The Bertz CT molecular complexity index is 1330. The summed E-state index contributed by atoms with van der Waals surface area (Å²) in [4.78, 5) is 26.8. The number of rotatable bonds is 8. The van der Waals surface area contributed by atoms with Crippen LogP contribution in [0.5, 0.6) is 0 Å². The maximum atomic E-state index is 13.6. The van der Waals surface area contributed by atoms with Crippen LogP contribution in [0.4, 0.5) is 17.1 Å². The first kappa shape index (κ1) is 25.4. The van der Waals surface area contributed by atoms with Crippen molar-refractivity contribution in [2.75, 3.05) is 27.6 Å². The summed E-state index contributed by atoms with van der Waals surface area (Å²) in [5.41, 5.74) is 3.74. The van der Waals surface area contributed by atoms with E-state index in [1.54, 1.807) is 65.6 Å². The molecule has 0 bridgehead atoms. The van der Waals surface area contributed by atoms with Crippen LogP contribution >= 0.6 is 0 Å². The highest BCUT2D eigenvalue weighted by Crippen LogP contribution is 2.27. The molecule has 1 aliphatic rings. The Hall–Kier alpha value is -3.65. The van der Waals surface area contributed by atoms with Gasteiger partial charge in [-0.1, -0.05) is 43.7 Å². The van der Waals surface area contributed by atoms with Crippen molar-refractivity contribution >= 4 is 38.9 Å². The first-order valence-corrected chi connectivity index (χ1v) is 13.5. The van der Waals surface area contributed by atoms with Crippen LogP contribution in [-0.2, 0) is 19.6 Å². The highest BCUT2D eigenvalue weighted by Gasteiger charge is 2.27. The average molecular weight is 506 g/mol. The van der Waals surface area contributed by atoms with Gasteiger partial charge in [0.15, 0.2) is 0 Å². The third kappa shape index (κ3) is 5.60. The lowest BCUT2D eigenvalue weighted by Gasteiger charge is -2.25. The predicted octanol–water partition coefficient (Wildman–Crippen LogP) is 5.08. The number of benzene rings is 3. The van der Waals surface area contributed by atoms with Crippen LogP contribution < -0.4 is 14.5 Å². The third-order valence-electron chi connectivity index (χ3n) is 6.28. The molecule has 4 rings (SSSR count). The number of nitrogens with zero attached hydrogens (tertiary/aromatic N) is 2. The molecule has 0 aromatic heterocycles. The smallest absolute Gasteiger partial charge is 0.264 e. The topological polar surface area (TPSA) is 86.8 Å². The van der Waals surface area contributed by atoms with E-state index >= 15 is 0 Å². The molecule has 0 unspecified atom stereocenters. The Morgan fingerprint density at radius 2 is 1.61 bits per heavy atom. The summed E-state index contributed by atoms with van der Waals surface area (Å²) in [6.45, 7) is 6.31. The second-order valence-corrected chi connectivity index (χ2v) is 11.2. The monoisotopic (exact) mass is 505 g/mol. The SMILES string of the molecule is Cc1ccc(S(=O)(=O)N(CC(=O)Nc2ccc(N3CCCC3=O)cc2)c2ccc(C(C)C)cc2)cc1. The molecule has 0 spiro atoms. The van der Waals surface area contributed by atoms with Crippen LogP contribution in [0.3, 0.4) is 0 Å². The van der Waals surface area contributed by atoms with Crippen molar-refractivity contribution in [2.45, 2.75) is 44.4 Å². The Morgan fingerprint density at radius 1 is 0.972 bits per heavy atom. The lowest BCUT2D eigenvalue weighted by Crippen LogP contribution is -2.38. The number of carbonyl (C=O) groups is 2. The van der Waals surface area contributed by atoms with Crippen LogP contribution in [0.2, 0.25) is 0 Å². The molecule has 188 valence electrons. The van der Waals surface area contributed by atoms with E-state index in [2.05, 4.69) is 19.2 Å². The van der Waals surface area contributed by atoms with Gasteiger partial charge in [0.25, 0.3) is 10.0 Å². The fraction of sp³-hybridized carbons (Fsp3) is 0.286. The standard InChI is InChI=1S/C28H31N3O4S/c1-20(2)22-8-12-25(13-9-22)31(36(34,35)26-16-6-21(3)7-17-26)19-27(32)29-23-10-14-24(15-11-23)30-18-4-5-28(30)33/h6-17,20H,4-5,18-19H2,1-3H3,(H,29,32). The fourth-order valence-corrected chi connectivity index (χ4v) is 5.58. The molecule has 1 heterocycles. The zero-order chi connectivity index (χ0) is 25.9. The van der Waals surface area contributed by atoms with Gasteiger partial charge in [0.2, 0.25) is 11.8 Å². The third-order valence-corrected chi connectivity index (χ3v) is 8.07. The zero-order valence-electron chi connectivity index (χ0n) is 20.8. The van der Waals surface area contributed by atoms with E-state index in [9.17, 15) is 18.0 Å². The maximum Gasteiger partial charge on any atom is 0.264 e. The van der Waals surface area contributed by atoms with E-state index in [1.807, 2.05) is 19.1 Å². The fourth-order valence-electron chi connectivity index (χ4n) is 4.15. The van der Waals surface area contributed by atoms with Crippen molar-refractivity contribution in [3.8, 4) is 0 Å². The second kappa shape index (κ2) is 10.5. The van der Waals surface area contributed by atoms with Crippen LogP contribution in [0, 0.1) is 6.92 Å². The van der Waals surface area contributed by atoms with Gasteiger partial charge in [-0.2, -0.15) is 0 Å². The number of nitrogens with one attached hydrogen (secondary N) is 1. The van der Waals surface area contributed by atoms with Gasteiger partial charge < -0.3 is 10.2 Å². The molecule has 36 heavy (non-hydrogen) atoms. The number of carbonyl (C=O) groups excluding carboxylic acids is 2. The Kier molecular flexibility index (Phi) is 7.45. The Labute approximate surface area is 212 Å². The van der Waals surface area contributed by atoms with E-state index in [4.69, 9.17) is 0 Å². The predicted molar refractivity (Wildman–Crippen MR) is 143 cm³/mol. The first-order valence-electron chi connectivity index (χ1n) is 12.0. The highest BCUT2D eigenvalue weighted by atomic mass is 32.2. The minimum Gasteiger partial charge on any atom is -0.325 e. The summed E-state index contributed by atoms with van der Waals surface area (Å²) in [6, 6.07) is 20.8. The van der Waals surface area contributed by atoms with E-state index < -0.39 is 15.9 Å². The van der Waals surface area contributed by atoms with Gasteiger partial charge >= 0.3 is 0 Å². The van der Waals surface area contributed by atoms with Gasteiger partial charge in [-0.3, -0.25) is 13.9 Å². The number of aryl methyl sites for hydroxylation is 1. The van der Waals surface area contributed by atoms with Crippen LogP contribution in [-0.4, -0.2) is 33.3 Å². The van der Waals surface area contributed by atoms with Crippen molar-refractivity contribution in [3.63, 3.8) is 0 Å². The van der Waals surface area contributed by atoms with Crippen molar-refractivity contribution in [2.24, 2.45) is 0 Å². The number of sulfonamides is 1. The van der Waals surface area contributed by atoms with Gasteiger partial charge in [0, 0.05) is 24.3 Å². The van der Waals surface area contributed by atoms with Crippen molar-refractivity contribution < 1.29 is 18.0 Å². The Morgan fingerprint density at radius 3 is 2.17 bits per heavy atom. The lowest BCUT2D eigenvalue weighted by molar-refractivity contribution is -0.117. The minimum atomic E-state index is -3.99. The largest absolute Gasteiger partial charge is 0.325 e. The molecule has 0 saturated carbocycles. The Balaban J connectivity index is 1.57. The molecule has 7 nitrogen and oxygen atoms in total. The van der Waals surface area contributed by atoms with E-state index in [-0.39, 0.29) is 17.3 Å². The molecule has 1 fully saturated rings. The van der Waals surface area contributed by atoms with Crippen molar-refractivity contribution in [3.05, 3.63) is 83.9 Å². The summed E-state index contributed by atoms with van der Waals surface area (Å²) in [5.74, 6) is -0.0841. The van der Waals surface area contributed by atoms with Gasteiger partial charge in [0.05, 0.1) is 10.6 Å². The quantitative estimate of drug-likeness (QED) is 0.463. The van der Waals surface area contributed by atoms with E-state index in [0.717, 1.165) is 27.5 Å². The second-order valence-electron chi connectivity index (χ2n) is 9.31. The molecular weight excluding hydrogens is 474 g/mol. The maximum absolute atomic E-state index is 13.6. The van der Waals surface area contributed by atoms with Gasteiger partial charge in [-0.15, -0.1) is 0 Å². The summed E-state index contributed by atoms with van der Waals surface area (Å²) < 4.78 is 28.3. The van der Waals surface area contributed by atoms with Crippen molar-refractivity contribution in [1.29, 1.82) is 0 Å². The molecule has 1 N–H and O–H groups in total. The number of amides is 2. The molecule has 0 radical (unpaired) electrons. The summed E-state index contributed by atoms with van der Waals surface area (Å²) in [7, 11) is -3.99. The first-order chi connectivity index (χ1) is 17.1. The molecule has 3 aromatic rings. The lowest BCUT2D eigenvalue weighted by atomic mass is 10.0. The molecule has 3 aromatic carbocycles. The van der Waals surface area contributed by atoms with Gasteiger partial charge in [-0.25, -0.2) is 8.42 Å². The molecule has 0 atom stereocenters. The zero-order valence-corrected chi connectivity index (χ0v) is 21.6. The summed E-state index contributed by atoms with van der Waals surface area (Å²) in [5, 5.41) is 2.78. The van der Waals surface area contributed by atoms with E-state index in [0.29, 0.717) is 30.3 Å². The molecule has 1 saturated heterocycles. The average Bonchev–Trinajstić information content (AvgIpc) is 3.29. The number of hydrogen-bond acceptors (Lipinski definition) is 4. The summed E-state index contributed by atoms with van der Waals surface area (Å²) >= 11 is 0. The molecule has 0 aliphatic carbocycles. The van der Waals surface area contributed by atoms with E-state index in [1.165, 1.54) is 0 Å². The van der Waals surface area contributed by atoms with Gasteiger partial charge in [0.1, 0.15) is 6.54 Å². The summed E-state index contributed by atoms with van der Waals surface area (Å²) in [6.07, 6.45) is 1.38. The van der Waals surface area contributed by atoms with Gasteiger partial charge in [-0.05, 0) is 73.4 Å². The normalized spacial score (nSPS) is 13.8. The number of hydrogen-bond donors (Lipinski definition) is 1. The molecular formula is C28H31N3O4S. The van der Waals surface area contributed by atoms with Crippen LogP contribution in [0.15, 0.2) is 77.7 Å². The highest BCUT2D eigenvalue weighted by molar-refractivity contribution is 7.92. The minimum absolute atomic E-state index is 0.0900.